The first-order chi connectivity index (χ1) is 11.9. The molecule has 1 aliphatic heterocycles. The summed E-state index contributed by atoms with van der Waals surface area (Å²) in [6, 6.07) is 13.7. The molecule has 1 saturated heterocycles. The minimum atomic E-state index is -1.05. The summed E-state index contributed by atoms with van der Waals surface area (Å²) in [6.07, 6.45) is 0.510. The van der Waals surface area contributed by atoms with Crippen molar-refractivity contribution in [2.75, 3.05) is 4.90 Å². The van der Waals surface area contributed by atoms with Crippen LogP contribution in [0.5, 0.6) is 0 Å². The Morgan fingerprint density at radius 1 is 1.00 bits per heavy atom. The van der Waals surface area contributed by atoms with Gasteiger partial charge in [-0.25, -0.2) is 4.79 Å². The van der Waals surface area contributed by atoms with Gasteiger partial charge in [-0.15, -0.1) is 0 Å². The Balaban J connectivity index is 1.84. The van der Waals surface area contributed by atoms with Crippen LogP contribution in [-0.4, -0.2) is 22.9 Å². The van der Waals surface area contributed by atoms with Crippen LogP contribution in [-0.2, 0) is 16.0 Å². The monoisotopic (exact) mass is 337 g/mol. The Hall–Kier alpha value is -2.95. The molecule has 1 aliphatic rings. The molecule has 0 spiro atoms. The van der Waals surface area contributed by atoms with Crippen LogP contribution in [0.1, 0.15) is 28.4 Å². The second kappa shape index (κ2) is 6.51. The fourth-order valence-electron chi connectivity index (χ4n) is 3.11. The van der Waals surface area contributed by atoms with Gasteiger partial charge in [-0.2, -0.15) is 0 Å². The number of aromatic carboxylic acids is 1. The highest BCUT2D eigenvalue weighted by Gasteiger charge is 2.45. The molecule has 2 aromatic rings. The number of benzene rings is 2. The van der Waals surface area contributed by atoms with Gasteiger partial charge in [-0.05, 0) is 43.2 Å². The normalized spacial score (nSPS) is 20.2. The first-order valence-corrected chi connectivity index (χ1v) is 8.15. The van der Waals surface area contributed by atoms with Gasteiger partial charge >= 0.3 is 5.97 Å². The molecule has 1 heterocycles. The SMILES string of the molecule is Cc1ccc(C[C@@H]2C(=O)N(c3ccc(C(=O)O)cc3)C(=O)[C@@H]2C)cc1. The molecule has 0 bridgehead atoms. The maximum absolute atomic E-state index is 12.8. The lowest BCUT2D eigenvalue weighted by Gasteiger charge is -2.15. The molecule has 5 nitrogen and oxygen atoms in total. The largest absolute Gasteiger partial charge is 0.478 e. The minimum Gasteiger partial charge on any atom is -0.478 e. The molecule has 0 saturated carbocycles. The highest BCUT2D eigenvalue weighted by Crippen LogP contribution is 2.33. The summed E-state index contributed by atoms with van der Waals surface area (Å²) in [5.74, 6) is -2.34. The summed E-state index contributed by atoms with van der Waals surface area (Å²) in [7, 11) is 0. The topological polar surface area (TPSA) is 74.7 Å². The van der Waals surface area contributed by atoms with Crippen molar-refractivity contribution in [3.63, 3.8) is 0 Å². The first kappa shape index (κ1) is 16.9. The van der Waals surface area contributed by atoms with E-state index in [0.717, 1.165) is 11.1 Å². The summed E-state index contributed by atoms with van der Waals surface area (Å²) >= 11 is 0. The van der Waals surface area contributed by atoms with Crippen LogP contribution in [0.25, 0.3) is 0 Å². The van der Waals surface area contributed by atoms with Crippen molar-refractivity contribution in [3.05, 3.63) is 65.2 Å². The fourth-order valence-corrected chi connectivity index (χ4v) is 3.11. The zero-order chi connectivity index (χ0) is 18.1. The fraction of sp³-hybridized carbons (Fsp3) is 0.250. The molecule has 2 aromatic carbocycles. The number of aryl methyl sites for hydroxylation is 1. The van der Waals surface area contributed by atoms with Gasteiger partial charge in [0.25, 0.3) is 0 Å². The van der Waals surface area contributed by atoms with Gasteiger partial charge < -0.3 is 5.11 Å². The van der Waals surface area contributed by atoms with Gasteiger partial charge in [-0.1, -0.05) is 36.8 Å². The van der Waals surface area contributed by atoms with E-state index in [1.807, 2.05) is 31.2 Å². The molecule has 3 rings (SSSR count). The number of carbonyl (C=O) groups is 3. The summed E-state index contributed by atoms with van der Waals surface area (Å²) in [5, 5.41) is 8.97. The van der Waals surface area contributed by atoms with Crippen LogP contribution in [0, 0.1) is 18.8 Å². The van der Waals surface area contributed by atoms with E-state index >= 15 is 0 Å². The Morgan fingerprint density at radius 3 is 2.16 bits per heavy atom. The van der Waals surface area contributed by atoms with Crippen LogP contribution < -0.4 is 4.90 Å². The van der Waals surface area contributed by atoms with Crippen LogP contribution in [0.15, 0.2) is 48.5 Å². The van der Waals surface area contributed by atoms with Crippen molar-refractivity contribution >= 4 is 23.5 Å². The molecule has 2 amide bonds. The number of carboxylic acids is 1. The first-order valence-electron chi connectivity index (χ1n) is 8.15. The Morgan fingerprint density at radius 2 is 1.60 bits per heavy atom. The molecule has 128 valence electrons. The number of rotatable bonds is 4. The van der Waals surface area contributed by atoms with E-state index in [1.54, 1.807) is 6.92 Å². The van der Waals surface area contributed by atoms with E-state index in [-0.39, 0.29) is 17.4 Å². The highest BCUT2D eigenvalue weighted by atomic mass is 16.4. The predicted octanol–water partition coefficient (Wildman–Crippen LogP) is 3.06. The molecule has 0 radical (unpaired) electrons. The van der Waals surface area contributed by atoms with Gasteiger partial charge in [0.15, 0.2) is 0 Å². The molecule has 2 atom stereocenters. The lowest BCUT2D eigenvalue weighted by atomic mass is 9.90. The summed E-state index contributed by atoms with van der Waals surface area (Å²) in [5.41, 5.74) is 2.70. The molecule has 1 N–H and O–H groups in total. The highest BCUT2D eigenvalue weighted by molar-refractivity contribution is 6.22. The van der Waals surface area contributed by atoms with E-state index < -0.39 is 17.8 Å². The zero-order valence-electron chi connectivity index (χ0n) is 14.1. The molecule has 0 aliphatic carbocycles. The molecule has 5 heteroatoms. The van der Waals surface area contributed by atoms with Crippen molar-refractivity contribution in [3.8, 4) is 0 Å². The van der Waals surface area contributed by atoms with E-state index in [0.29, 0.717) is 12.1 Å². The van der Waals surface area contributed by atoms with E-state index in [2.05, 4.69) is 0 Å². The number of hydrogen-bond donors (Lipinski definition) is 1. The van der Waals surface area contributed by atoms with Crippen molar-refractivity contribution in [2.24, 2.45) is 11.8 Å². The maximum atomic E-state index is 12.8. The van der Waals surface area contributed by atoms with Gasteiger partial charge in [-0.3, -0.25) is 14.5 Å². The third-order valence-electron chi connectivity index (χ3n) is 4.70. The van der Waals surface area contributed by atoms with Gasteiger partial charge in [0.2, 0.25) is 11.8 Å². The number of amides is 2. The van der Waals surface area contributed by atoms with Gasteiger partial charge in [0.1, 0.15) is 0 Å². The smallest absolute Gasteiger partial charge is 0.335 e. The van der Waals surface area contributed by atoms with Crippen molar-refractivity contribution in [2.45, 2.75) is 20.3 Å². The average molecular weight is 337 g/mol. The predicted molar refractivity (Wildman–Crippen MR) is 93.4 cm³/mol. The van der Waals surface area contributed by atoms with Crippen molar-refractivity contribution < 1.29 is 19.5 Å². The van der Waals surface area contributed by atoms with Crippen LogP contribution in [0.3, 0.4) is 0 Å². The van der Waals surface area contributed by atoms with Crippen molar-refractivity contribution in [1.29, 1.82) is 0 Å². The van der Waals surface area contributed by atoms with E-state index in [4.69, 9.17) is 5.11 Å². The van der Waals surface area contributed by atoms with Crippen LogP contribution in [0.4, 0.5) is 5.69 Å². The minimum absolute atomic E-state index is 0.118. The summed E-state index contributed by atoms with van der Waals surface area (Å²) in [4.78, 5) is 37.5. The molecular formula is C20H19NO4. The van der Waals surface area contributed by atoms with Gasteiger partial charge in [0.05, 0.1) is 17.2 Å². The lowest BCUT2D eigenvalue weighted by molar-refractivity contribution is -0.122. The molecule has 1 fully saturated rings. The standard InChI is InChI=1S/C20H19NO4/c1-12-3-5-14(6-4-12)11-17-13(2)18(22)21(19(17)23)16-9-7-15(8-10-16)20(24)25/h3-10,13,17H,11H2,1-2H3,(H,24,25)/t13-,17+/m1/s1. The number of hydrogen-bond acceptors (Lipinski definition) is 3. The Kier molecular flexibility index (Phi) is 4.40. The molecule has 0 unspecified atom stereocenters. The average Bonchev–Trinajstić information content (AvgIpc) is 2.80. The van der Waals surface area contributed by atoms with Crippen LogP contribution in [0.2, 0.25) is 0 Å². The number of imide groups is 1. The third-order valence-corrected chi connectivity index (χ3v) is 4.70. The lowest BCUT2D eigenvalue weighted by Crippen LogP contribution is -2.31. The Bertz CT molecular complexity index is 824. The third kappa shape index (κ3) is 3.18. The quantitative estimate of drug-likeness (QED) is 0.870. The maximum Gasteiger partial charge on any atom is 0.335 e. The molecule has 25 heavy (non-hydrogen) atoms. The van der Waals surface area contributed by atoms with Gasteiger partial charge in [0, 0.05) is 5.92 Å². The zero-order valence-corrected chi connectivity index (χ0v) is 14.1. The number of carboxylic acid groups (broad SMARTS) is 1. The second-order valence-electron chi connectivity index (χ2n) is 6.45. The van der Waals surface area contributed by atoms with Crippen LogP contribution >= 0.6 is 0 Å². The summed E-state index contributed by atoms with van der Waals surface area (Å²) < 4.78 is 0. The van der Waals surface area contributed by atoms with E-state index in [9.17, 15) is 14.4 Å². The Labute approximate surface area is 145 Å². The van der Waals surface area contributed by atoms with Crippen molar-refractivity contribution in [1.82, 2.24) is 0 Å². The number of anilines is 1. The molecule has 0 aromatic heterocycles. The summed E-state index contributed by atoms with van der Waals surface area (Å²) in [6.45, 7) is 3.77. The molecular weight excluding hydrogens is 318 g/mol. The number of carbonyl (C=O) groups excluding carboxylic acids is 2. The second-order valence-corrected chi connectivity index (χ2v) is 6.45. The van der Waals surface area contributed by atoms with E-state index in [1.165, 1.54) is 29.2 Å². The number of nitrogens with zero attached hydrogens (tertiary/aromatic N) is 1.